The van der Waals surface area contributed by atoms with E-state index in [1.165, 1.54) is 0 Å². The van der Waals surface area contributed by atoms with Gasteiger partial charge in [-0.15, -0.1) is 10.2 Å². The van der Waals surface area contributed by atoms with Gasteiger partial charge in [-0.1, -0.05) is 13.8 Å². The third kappa shape index (κ3) is 4.10. The molecule has 1 rings (SSSR count). The van der Waals surface area contributed by atoms with E-state index in [9.17, 15) is 4.79 Å². The molecule has 0 aromatic carbocycles. The Morgan fingerprint density at radius 2 is 2.28 bits per heavy atom. The molecule has 1 atom stereocenters. The molecule has 0 aliphatic carbocycles. The predicted octanol–water partition coefficient (Wildman–Crippen LogP) is 0.535. The first-order valence-electron chi connectivity index (χ1n) is 6.42. The topological polar surface area (TPSA) is 85.8 Å². The zero-order chi connectivity index (χ0) is 13.5. The lowest BCUT2D eigenvalue weighted by Crippen LogP contribution is -2.36. The average Bonchev–Trinajstić information content (AvgIpc) is 2.80. The van der Waals surface area contributed by atoms with Gasteiger partial charge in [-0.05, 0) is 19.3 Å². The zero-order valence-corrected chi connectivity index (χ0v) is 11.4. The van der Waals surface area contributed by atoms with Crippen LogP contribution in [0.2, 0.25) is 0 Å². The normalized spacial score (nSPS) is 12.7. The van der Waals surface area contributed by atoms with Crippen molar-refractivity contribution in [3.05, 3.63) is 12.2 Å². The summed E-state index contributed by atoms with van der Waals surface area (Å²) in [5.74, 6) is 1.11. The Balaban J connectivity index is 2.49. The van der Waals surface area contributed by atoms with E-state index in [0.717, 1.165) is 18.8 Å². The van der Waals surface area contributed by atoms with Crippen molar-refractivity contribution >= 4 is 5.91 Å². The summed E-state index contributed by atoms with van der Waals surface area (Å²) in [4.78, 5) is 12.0. The van der Waals surface area contributed by atoms with Crippen LogP contribution in [0.1, 0.15) is 33.0 Å². The number of carbonyl (C=O) groups excluding carboxylic acids is 1. The second-order valence-corrected chi connectivity index (χ2v) is 4.81. The lowest BCUT2D eigenvalue weighted by atomic mass is 9.96. The number of amides is 1. The minimum atomic E-state index is -0.122. The molecule has 0 spiro atoms. The van der Waals surface area contributed by atoms with E-state index in [4.69, 9.17) is 5.73 Å². The summed E-state index contributed by atoms with van der Waals surface area (Å²) in [6.45, 7) is 7.76. The van der Waals surface area contributed by atoms with E-state index in [1.54, 1.807) is 6.33 Å². The van der Waals surface area contributed by atoms with Crippen molar-refractivity contribution in [3.8, 4) is 0 Å². The van der Waals surface area contributed by atoms with Crippen LogP contribution in [0, 0.1) is 11.8 Å². The van der Waals surface area contributed by atoms with Crippen molar-refractivity contribution in [3.63, 3.8) is 0 Å². The van der Waals surface area contributed by atoms with Gasteiger partial charge in [0, 0.05) is 13.1 Å². The van der Waals surface area contributed by atoms with Crippen LogP contribution in [0.4, 0.5) is 0 Å². The maximum Gasteiger partial charge on any atom is 0.224 e. The van der Waals surface area contributed by atoms with E-state index in [2.05, 4.69) is 29.4 Å². The van der Waals surface area contributed by atoms with Gasteiger partial charge < -0.3 is 15.6 Å². The summed E-state index contributed by atoms with van der Waals surface area (Å²) in [7, 11) is 0. The van der Waals surface area contributed by atoms with Crippen LogP contribution < -0.4 is 11.1 Å². The second-order valence-electron chi connectivity index (χ2n) is 4.81. The SMILES string of the molecule is CCn1cnnc1CNC(=O)C(CN)CC(C)C. The molecule has 0 fully saturated rings. The third-order valence-electron chi connectivity index (χ3n) is 2.87. The lowest BCUT2D eigenvalue weighted by molar-refractivity contribution is -0.125. The summed E-state index contributed by atoms with van der Waals surface area (Å²) in [6, 6.07) is 0. The van der Waals surface area contributed by atoms with E-state index in [0.29, 0.717) is 19.0 Å². The number of carbonyl (C=O) groups is 1. The van der Waals surface area contributed by atoms with E-state index >= 15 is 0 Å². The number of nitrogens with zero attached hydrogens (tertiary/aromatic N) is 3. The predicted molar refractivity (Wildman–Crippen MR) is 69.5 cm³/mol. The van der Waals surface area contributed by atoms with Gasteiger partial charge in [-0.3, -0.25) is 4.79 Å². The van der Waals surface area contributed by atoms with Gasteiger partial charge in [0.05, 0.1) is 12.5 Å². The quantitative estimate of drug-likeness (QED) is 0.742. The summed E-state index contributed by atoms with van der Waals surface area (Å²) in [6.07, 6.45) is 2.47. The van der Waals surface area contributed by atoms with Crippen LogP contribution in [0.15, 0.2) is 6.33 Å². The van der Waals surface area contributed by atoms with Crippen LogP contribution in [-0.4, -0.2) is 27.2 Å². The van der Waals surface area contributed by atoms with Gasteiger partial charge in [0.2, 0.25) is 5.91 Å². The number of aryl methyl sites for hydroxylation is 1. The monoisotopic (exact) mass is 253 g/mol. The fraction of sp³-hybridized carbons (Fsp3) is 0.750. The number of hydrogen-bond acceptors (Lipinski definition) is 4. The Bertz CT molecular complexity index is 374. The first-order valence-corrected chi connectivity index (χ1v) is 6.42. The fourth-order valence-electron chi connectivity index (χ4n) is 1.87. The average molecular weight is 253 g/mol. The molecule has 1 aromatic rings. The van der Waals surface area contributed by atoms with Crippen molar-refractivity contribution in [2.45, 2.75) is 40.3 Å². The fourth-order valence-corrected chi connectivity index (χ4v) is 1.87. The van der Waals surface area contributed by atoms with Gasteiger partial charge in [0.15, 0.2) is 5.82 Å². The number of rotatable bonds is 7. The maximum absolute atomic E-state index is 12.0. The smallest absolute Gasteiger partial charge is 0.224 e. The lowest BCUT2D eigenvalue weighted by Gasteiger charge is -2.16. The zero-order valence-electron chi connectivity index (χ0n) is 11.4. The largest absolute Gasteiger partial charge is 0.349 e. The first kappa shape index (κ1) is 14.6. The summed E-state index contributed by atoms with van der Waals surface area (Å²) in [5, 5.41) is 10.7. The molecule has 18 heavy (non-hydrogen) atoms. The Hall–Kier alpha value is -1.43. The van der Waals surface area contributed by atoms with Crippen molar-refractivity contribution in [1.82, 2.24) is 20.1 Å². The molecule has 0 aliphatic rings. The molecule has 0 saturated heterocycles. The van der Waals surface area contributed by atoms with Crippen LogP contribution >= 0.6 is 0 Å². The Kier molecular flexibility index (Phi) is 5.77. The highest BCUT2D eigenvalue weighted by Crippen LogP contribution is 2.10. The molecule has 0 bridgehead atoms. The van der Waals surface area contributed by atoms with Crippen molar-refractivity contribution in [2.75, 3.05) is 6.54 Å². The van der Waals surface area contributed by atoms with Gasteiger partial charge in [0.25, 0.3) is 0 Å². The van der Waals surface area contributed by atoms with Crippen LogP contribution in [0.3, 0.4) is 0 Å². The number of hydrogen-bond donors (Lipinski definition) is 2. The second kappa shape index (κ2) is 7.10. The van der Waals surface area contributed by atoms with Crippen molar-refractivity contribution in [2.24, 2.45) is 17.6 Å². The molecule has 0 saturated carbocycles. The van der Waals surface area contributed by atoms with E-state index in [1.807, 2.05) is 11.5 Å². The van der Waals surface area contributed by atoms with Gasteiger partial charge in [-0.25, -0.2) is 0 Å². The third-order valence-corrected chi connectivity index (χ3v) is 2.87. The van der Waals surface area contributed by atoms with Gasteiger partial charge in [0.1, 0.15) is 6.33 Å². The Morgan fingerprint density at radius 1 is 1.56 bits per heavy atom. The molecule has 1 aromatic heterocycles. The van der Waals surface area contributed by atoms with E-state index < -0.39 is 0 Å². The molecule has 1 heterocycles. The standard InChI is InChI=1S/C12H23N5O/c1-4-17-8-15-16-11(17)7-14-12(18)10(6-13)5-9(2)3/h8-10H,4-7,13H2,1-3H3,(H,14,18). The van der Waals surface area contributed by atoms with Crippen LogP contribution in [-0.2, 0) is 17.9 Å². The molecule has 6 heteroatoms. The van der Waals surface area contributed by atoms with Crippen molar-refractivity contribution in [1.29, 1.82) is 0 Å². The van der Waals surface area contributed by atoms with Gasteiger partial charge in [-0.2, -0.15) is 0 Å². The molecular formula is C12H23N5O. The van der Waals surface area contributed by atoms with Crippen LogP contribution in [0.25, 0.3) is 0 Å². The molecule has 0 aliphatic heterocycles. The molecule has 1 unspecified atom stereocenters. The molecule has 102 valence electrons. The molecule has 6 nitrogen and oxygen atoms in total. The molecule has 3 N–H and O–H groups in total. The molecular weight excluding hydrogens is 230 g/mol. The minimum absolute atomic E-state index is 0.00291. The summed E-state index contributed by atoms with van der Waals surface area (Å²) < 4.78 is 1.90. The number of nitrogens with one attached hydrogen (secondary N) is 1. The summed E-state index contributed by atoms with van der Waals surface area (Å²) >= 11 is 0. The van der Waals surface area contributed by atoms with Crippen molar-refractivity contribution < 1.29 is 4.79 Å². The Labute approximate surface area is 108 Å². The highest BCUT2D eigenvalue weighted by atomic mass is 16.1. The number of aromatic nitrogens is 3. The van der Waals surface area contributed by atoms with Gasteiger partial charge >= 0.3 is 0 Å². The summed E-state index contributed by atoms with van der Waals surface area (Å²) in [5.41, 5.74) is 5.63. The maximum atomic E-state index is 12.0. The van der Waals surface area contributed by atoms with E-state index in [-0.39, 0.29) is 11.8 Å². The molecule has 1 amide bonds. The number of nitrogens with two attached hydrogens (primary N) is 1. The minimum Gasteiger partial charge on any atom is -0.349 e. The van der Waals surface area contributed by atoms with Crippen LogP contribution in [0.5, 0.6) is 0 Å². The molecule has 0 radical (unpaired) electrons. The Morgan fingerprint density at radius 3 is 2.83 bits per heavy atom. The highest BCUT2D eigenvalue weighted by molar-refractivity contribution is 5.78. The highest BCUT2D eigenvalue weighted by Gasteiger charge is 2.18. The first-order chi connectivity index (χ1) is 8.58.